The first-order valence-electron chi connectivity index (χ1n) is 2.87. The minimum absolute atomic E-state index is 0.116. The molecule has 0 saturated heterocycles. The second kappa shape index (κ2) is 5.48. The van der Waals surface area contributed by atoms with Crippen molar-refractivity contribution in [1.29, 1.82) is 0 Å². The largest absolute Gasteiger partial charge is 0.0928 e. The summed E-state index contributed by atoms with van der Waals surface area (Å²) in [5.74, 6) is 0. The molecule has 0 heterocycles. The van der Waals surface area contributed by atoms with Crippen LogP contribution in [0.1, 0.15) is 27.5 Å². The number of rotatable bonds is 3. The molecule has 0 nitrogen and oxygen atoms in total. The number of alkyl halides is 1. The van der Waals surface area contributed by atoms with Crippen LogP contribution in [0.4, 0.5) is 0 Å². The van der Waals surface area contributed by atoms with E-state index < -0.39 is 0 Å². The number of halogens is 1. The molecule has 0 aliphatic heterocycles. The molecule has 0 amide bonds. The van der Waals surface area contributed by atoms with Crippen LogP contribution >= 0.6 is 15.9 Å². The van der Waals surface area contributed by atoms with Crippen molar-refractivity contribution in [2.75, 3.05) is 5.33 Å². The maximum atomic E-state index is 7.17. The summed E-state index contributed by atoms with van der Waals surface area (Å²) in [6.45, 7) is 2.10. The Labute approximate surface area is 49.5 Å². The van der Waals surface area contributed by atoms with Gasteiger partial charge in [-0.1, -0.05) is 35.7 Å². The van der Waals surface area contributed by atoms with Crippen molar-refractivity contribution < 1.29 is 1.37 Å². The SMILES string of the molecule is [2H]C(CBr)CCC. The molecule has 0 spiro atoms. The highest BCUT2D eigenvalue weighted by molar-refractivity contribution is 9.09. The summed E-state index contributed by atoms with van der Waals surface area (Å²) >= 11 is 3.23. The van der Waals surface area contributed by atoms with Gasteiger partial charge in [-0.25, -0.2) is 0 Å². The second-order valence-electron chi connectivity index (χ2n) is 1.23. The van der Waals surface area contributed by atoms with Gasteiger partial charge in [-0.2, -0.15) is 0 Å². The third-order valence-electron chi connectivity index (χ3n) is 0.602. The van der Waals surface area contributed by atoms with Gasteiger partial charge in [0.25, 0.3) is 0 Å². The van der Waals surface area contributed by atoms with Crippen molar-refractivity contribution in [3.05, 3.63) is 0 Å². The lowest BCUT2D eigenvalue weighted by Crippen LogP contribution is -1.70. The van der Waals surface area contributed by atoms with Crippen LogP contribution in [-0.2, 0) is 0 Å². The average Bonchev–Trinajstić information content (AvgIpc) is 1.68. The zero-order chi connectivity index (χ0) is 5.70. The zero-order valence-corrected chi connectivity index (χ0v) is 5.66. The Morgan fingerprint density at radius 1 is 1.83 bits per heavy atom. The summed E-state index contributed by atoms with van der Waals surface area (Å²) in [5, 5.41) is 0.820. The summed E-state index contributed by atoms with van der Waals surface area (Å²) in [6, 6.07) is 0. The fraction of sp³-hybridized carbons (Fsp3) is 1.00. The van der Waals surface area contributed by atoms with Crippen molar-refractivity contribution in [2.45, 2.75) is 26.2 Å². The third kappa shape index (κ3) is 4.48. The van der Waals surface area contributed by atoms with E-state index in [1.165, 1.54) is 0 Å². The predicted molar refractivity (Wildman–Crippen MR) is 33.3 cm³/mol. The van der Waals surface area contributed by atoms with Crippen LogP contribution in [0, 0.1) is 0 Å². The zero-order valence-electron chi connectivity index (χ0n) is 5.08. The smallest absolute Gasteiger partial charge is 0.0275 e. The lowest BCUT2D eigenvalue weighted by molar-refractivity contribution is 0.781. The first-order valence-corrected chi connectivity index (χ1v) is 3.41. The third-order valence-corrected chi connectivity index (χ3v) is 1.06. The molecular weight excluding hydrogens is 140 g/mol. The van der Waals surface area contributed by atoms with Gasteiger partial charge in [0, 0.05) is 6.70 Å². The molecule has 0 radical (unpaired) electrons. The highest BCUT2D eigenvalue weighted by Crippen LogP contribution is 1.95. The van der Waals surface area contributed by atoms with Gasteiger partial charge in [0.15, 0.2) is 0 Å². The fourth-order valence-corrected chi connectivity index (χ4v) is 0.605. The van der Waals surface area contributed by atoms with Gasteiger partial charge in [-0.3, -0.25) is 0 Å². The van der Waals surface area contributed by atoms with E-state index >= 15 is 0 Å². The summed E-state index contributed by atoms with van der Waals surface area (Å²) in [7, 11) is 0. The van der Waals surface area contributed by atoms with Crippen LogP contribution in [0.25, 0.3) is 0 Å². The molecule has 1 heteroatoms. The maximum absolute atomic E-state index is 7.17. The van der Waals surface area contributed by atoms with Crippen LogP contribution in [-0.4, -0.2) is 5.33 Å². The average molecular weight is 152 g/mol. The Morgan fingerprint density at radius 2 is 2.50 bits per heavy atom. The monoisotopic (exact) mass is 151 g/mol. The van der Waals surface area contributed by atoms with Crippen molar-refractivity contribution in [1.82, 2.24) is 0 Å². The summed E-state index contributed by atoms with van der Waals surface area (Å²) < 4.78 is 7.17. The van der Waals surface area contributed by atoms with Crippen molar-refractivity contribution >= 4 is 15.9 Å². The molecule has 0 rings (SSSR count). The summed E-state index contributed by atoms with van der Waals surface area (Å²) in [4.78, 5) is 0. The molecule has 1 unspecified atom stereocenters. The van der Waals surface area contributed by atoms with Crippen LogP contribution in [0.5, 0.6) is 0 Å². The van der Waals surface area contributed by atoms with Crippen LogP contribution < -0.4 is 0 Å². The minimum atomic E-state index is 0.116. The fourth-order valence-electron chi connectivity index (χ4n) is 0.281. The molecule has 6 heavy (non-hydrogen) atoms. The van der Waals surface area contributed by atoms with E-state index in [1.807, 2.05) is 0 Å². The van der Waals surface area contributed by atoms with Gasteiger partial charge in [0.2, 0.25) is 0 Å². The second-order valence-corrected chi connectivity index (χ2v) is 1.88. The predicted octanol–water partition coefficient (Wildman–Crippen LogP) is 2.57. The van der Waals surface area contributed by atoms with Crippen molar-refractivity contribution in [3.8, 4) is 0 Å². The lowest BCUT2D eigenvalue weighted by Gasteiger charge is -1.85. The van der Waals surface area contributed by atoms with Crippen LogP contribution in [0.3, 0.4) is 0 Å². The Hall–Kier alpha value is 0.480. The minimum Gasteiger partial charge on any atom is -0.0928 e. The molecule has 0 aromatic heterocycles. The molecule has 38 valence electrons. The molecule has 0 fully saturated rings. The van der Waals surface area contributed by atoms with Gasteiger partial charge in [-0.15, -0.1) is 0 Å². The topological polar surface area (TPSA) is 0 Å². The van der Waals surface area contributed by atoms with E-state index in [0.717, 1.165) is 18.2 Å². The van der Waals surface area contributed by atoms with E-state index in [9.17, 15) is 0 Å². The van der Waals surface area contributed by atoms with Crippen LogP contribution in [0.2, 0.25) is 0 Å². The van der Waals surface area contributed by atoms with Gasteiger partial charge in [0.05, 0.1) is 0 Å². The molecule has 0 aliphatic carbocycles. The highest BCUT2D eigenvalue weighted by atomic mass is 79.9. The summed E-state index contributed by atoms with van der Waals surface area (Å²) in [5.41, 5.74) is 0. The van der Waals surface area contributed by atoms with E-state index in [2.05, 4.69) is 22.9 Å². The van der Waals surface area contributed by atoms with E-state index in [0.29, 0.717) is 0 Å². The standard InChI is InChI=1S/C5H11Br/c1-2-3-4-5-6/h2-5H2,1H3/i4D. The first kappa shape index (κ1) is 4.63. The molecule has 0 aromatic rings. The Kier molecular flexibility index (Phi) is 4.23. The van der Waals surface area contributed by atoms with E-state index in [4.69, 9.17) is 1.37 Å². The molecule has 0 bridgehead atoms. The molecule has 1 atom stereocenters. The first-order chi connectivity index (χ1) is 3.31. The van der Waals surface area contributed by atoms with Gasteiger partial charge >= 0.3 is 0 Å². The molecular formula is C5H11Br. The van der Waals surface area contributed by atoms with E-state index in [1.54, 1.807) is 0 Å². The van der Waals surface area contributed by atoms with Gasteiger partial charge in [-0.05, 0) is 6.40 Å². The van der Waals surface area contributed by atoms with Crippen molar-refractivity contribution in [3.63, 3.8) is 0 Å². The molecule has 0 saturated carbocycles. The van der Waals surface area contributed by atoms with E-state index in [-0.39, 0.29) is 6.40 Å². The quantitative estimate of drug-likeness (QED) is 0.545. The summed E-state index contributed by atoms with van der Waals surface area (Å²) in [6.07, 6.45) is 2.26. The lowest BCUT2D eigenvalue weighted by atomic mass is 10.3. The number of hydrogen-bond acceptors (Lipinski definition) is 0. The van der Waals surface area contributed by atoms with Gasteiger partial charge < -0.3 is 0 Å². The molecule has 0 N–H and O–H groups in total. The Bertz CT molecular complexity index is 39.1. The van der Waals surface area contributed by atoms with Gasteiger partial charge in [0.1, 0.15) is 0 Å². The number of hydrogen-bond donors (Lipinski definition) is 0. The normalized spacial score (nSPS) is 16.7. The maximum Gasteiger partial charge on any atom is 0.0275 e. The molecule has 0 aromatic carbocycles. The highest BCUT2D eigenvalue weighted by Gasteiger charge is 1.76. The Balaban J connectivity index is 2.83. The van der Waals surface area contributed by atoms with Crippen molar-refractivity contribution in [2.24, 2.45) is 0 Å². The Morgan fingerprint density at radius 3 is 2.67 bits per heavy atom. The molecule has 0 aliphatic rings. The van der Waals surface area contributed by atoms with Crippen LogP contribution in [0.15, 0.2) is 0 Å².